The quantitative estimate of drug-likeness (QED) is 0.313. The number of carbonyl (C=O) groups is 1. The minimum Gasteiger partial charge on any atom is -0.459 e. The summed E-state index contributed by atoms with van der Waals surface area (Å²) < 4.78 is 51.1. The topological polar surface area (TPSA) is 155 Å². The smallest absolute Gasteiger partial charge is 0.311 e. The molecule has 0 aliphatic carbocycles. The molecule has 0 aromatic rings. The zero-order valence-corrected chi connectivity index (χ0v) is 33.6. The van der Waals surface area contributed by atoms with Crippen LogP contribution in [0.2, 0.25) is 0 Å². The van der Waals surface area contributed by atoms with E-state index < -0.39 is 95.5 Å². The lowest BCUT2D eigenvalue weighted by atomic mass is 9.68. The van der Waals surface area contributed by atoms with Crippen LogP contribution < -0.4 is 0 Å². The molecular weight excluding hydrogens is 662 g/mol. The molecule has 0 aromatic carbocycles. The van der Waals surface area contributed by atoms with Crippen molar-refractivity contribution in [2.24, 2.45) is 17.8 Å². The number of likely N-dealkylation sites (N-methyl/N-ethyl adjacent to an activating group) is 1. The van der Waals surface area contributed by atoms with E-state index in [0.717, 1.165) is 0 Å². The van der Waals surface area contributed by atoms with Gasteiger partial charge in [-0.15, -0.1) is 0 Å². The second kappa shape index (κ2) is 16.0. The van der Waals surface area contributed by atoms with Crippen LogP contribution >= 0.6 is 0 Å². The van der Waals surface area contributed by atoms with Gasteiger partial charge in [-0.2, -0.15) is 0 Å². The van der Waals surface area contributed by atoms with E-state index >= 15 is 0 Å². The average Bonchev–Trinajstić information content (AvgIpc) is 3.06. The van der Waals surface area contributed by atoms with Crippen LogP contribution in [0.15, 0.2) is 0 Å². The van der Waals surface area contributed by atoms with Gasteiger partial charge in [0.15, 0.2) is 12.6 Å². The highest BCUT2D eigenvalue weighted by molar-refractivity contribution is 5.73. The van der Waals surface area contributed by atoms with Gasteiger partial charge in [-0.05, 0) is 94.2 Å². The zero-order chi connectivity index (χ0) is 38.4. The molecule has 0 spiro atoms. The molecule has 0 saturated carbocycles. The Balaban J connectivity index is 1.82. The first-order valence-electron chi connectivity index (χ1n) is 18.9. The summed E-state index contributed by atoms with van der Waals surface area (Å²) >= 11 is 0. The molecule has 5 rings (SSSR count). The van der Waals surface area contributed by atoms with Crippen molar-refractivity contribution in [3.8, 4) is 0 Å². The molecule has 298 valence electrons. The monoisotopic (exact) mass is 731 g/mol. The zero-order valence-electron chi connectivity index (χ0n) is 33.6. The van der Waals surface area contributed by atoms with E-state index in [1.54, 1.807) is 35.0 Å². The lowest BCUT2D eigenvalue weighted by molar-refractivity contribution is -0.366. The Kier molecular flexibility index (Phi) is 13.4. The SMILES string of the molecule is CC[C@@H]1OC(=O)[C@H](C)[C@H](O[C@@H]2C[C@](C)(OC)[C@H](O)[C@H](C)O2)[C@H](C)[C@H](O[C@@H]2O[C@H](C)C[C@H](N(C)C)[C@@H]2O)[C@](C)(OC)C[C@@H](C)C[C@@]2(C)O[C@@]1(C)[C@@H]2O. The van der Waals surface area contributed by atoms with Crippen LogP contribution in [-0.4, -0.2) is 144 Å². The summed E-state index contributed by atoms with van der Waals surface area (Å²) in [5, 5.41) is 34.2. The van der Waals surface area contributed by atoms with E-state index in [2.05, 4.69) is 6.92 Å². The van der Waals surface area contributed by atoms with Crippen molar-refractivity contribution >= 4 is 5.97 Å². The van der Waals surface area contributed by atoms with Crippen LogP contribution in [-0.2, 0) is 42.7 Å². The molecule has 5 heterocycles. The van der Waals surface area contributed by atoms with Gasteiger partial charge in [-0.1, -0.05) is 20.8 Å². The molecule has 13 nitrogen and oxygen atoms in total. The molecule has 5 fully saturated rings. The van der Waals surface area contributed by atoms with Crippen LogP contribution in [0.3, 0.4) is 0 Å². The molecule has 18 atom stereocenters. The Morgan fingerprint density at radius 2 is 1.51 bits per heavy atom. The fourth-order valence-corrected chi connectivity index (χ4v) is 9.58. The van der Waals surface area contributed by atoms with Crippen molar-refractivity contribution < 1.29 is 58.0 Å². The predicted molar refractivity (Wildman–Crippen MR) is 189 cm³/mol. The number of rotatable bonds is 8. The summed E-state index contributed by atoms with van der Waals surface area (Å²) in [6.45, 7) is 18.9. The van der Waals surface area contributed by atoms with Crippen molar-refractivity contribution in [3.05, 3.63) is 0 Å². The van der Waals surface area contributed by atoms with Crippen molar-refractivity contribution in [1.82, 2.24) is 4.90 Å². The van der Waals surface area contributed by atoms with Gasteiger partial charge in [-0.25, -0.2) is 0 Å². The molecule has 0 aromatic heterocycles. The van der Waals surface area contributed by atoms with E-state index in [4.69, 9.17) is 37.9 Å². The van der Waals surface area contributed by atoms with Crippen LogP contribution in [0, 0.1) is 17.8 Å². The molecule has 51 heavy (non-hydrogen) atoms. The van der Waals surface area contributed by atoms with Gasteiger partial charge in [0.25, 0.3) is 0 Å². The normalized spacial score (nSPS) is 51.8. The minimum atomic E-state index is -1.09. The maximum absolute atomic E-state index is 14.2. The Morgan fingerprint density at radius 3 is 2.06 bits per heavy atom. The molecule has 0 radical (unpaired) electrons. The summed E-state index contributed by atoms with van der Waals surface area (Å²) in [5.41, 5.74) is -3.92. The Bertz CT molecular complexity index is 1180. The number of aliphatic hydroxyl groups excluding tert-OH is 3. The van der Waals surface area contributed by atoms with Gasteiger partial charge >= 0.3 is 5.97 Å². The van der Waals surface area contributed by atoms with Gasteiger partial charge in [0.1, 0.15) is 30.0 Å². The number of carbonyl (C=O) groups excluding carboxylic acids is 1. The molecule has 3 N–H and O–H groups in total. The van der Waals surface area contributed by atoms with E-state index in [-0.39, 0.29) is 24.5 Å². The van der Waals surface area contributed by atoms with Crippen LogP contribution in [0.1, 0.15) is 101 Å². The van der Waals surface area contributed by atoms with Gasteiger partial charge in [0.05, 0.1) is 47.1 Å². The summed E-state index contributed by atoms with van der Waals surface area (Å²) in [6, 6.07) is -0.214. The van der Waals surface area contributed by atoms with Crippen molar-refractivity contribution in [1.29, 1.82) is 0 Å². The molecule has 0 amide bonds. The summed E-state index contributed by atoms with van der Waals surface area (Å²) in [6.07, 6.45) is -5.53. The Hall–Kier alpha value is -0.970. The lowest BCUT2D eigenvalue weighted by Crippen LogP contribution is -2.75. The van der Waals surface area contributed by atoms with Crippen molar-refractivity contribution in [2.75, 3.05) is 28.3 Å². The second-order valence-electron chi connectivity index (χ2n) is 17.2. The lowest BCUT2D eigenvalue weighted by Gasteiger charge is -2.60. The fraction of sp³-hybridized carbons (Fsp3) is 0.974. The Morgan fingerprint density at radius 1 is 0.882 bits per heavy atom. The first-order chi connectivity index (χ1) is 23.6. The molecular formula is C38H69NO12. The highest BCUT2D eigenvalue weighted by Gasteiger charge is 2.64. The molecule has 0 unspecified atom stereocenters. The third-order valence-electron chi connectivity index (χ3n) is 12.6. The molecule has 2 bridgehead atoms. The number of methoxy groups -OCH3 is 2. The second-order valence-corrected chi connectivity index (χ2v) is 17.2. The van der Waals surface area contributed by atoms with E-state index in [9.17, 15) is 20.1 Å². The maximum Gasteiger partial charge on any atom is 0.311 e. The van der Waals surface area contributed by atoms with Crippen molar-refractivity contribution in [2.45, 2.75) is 191 Å². The molecule has 5 saturated heterocycles. The highest BCUT2D eigenvalue weighted by Crippen LogP contribution is 2.50. The van der Waals surface area contributed by atoms with Gasteiger partial charge in [0.2, 0.25) is 0 Å². The molecule has 5 aliphatic heterocycles. The van der Waals surface area contributed by atoms with Gasteiger partial charge in [0, 0.05) is 32.6 Å². The van der Waals surface area contributed by atoms with E-state index in [0.29, 0.717) is 25.7 Å². The summed E-state index contributed by atoms with van der Waals surface area (Å²) in [7, 11) is 7.02. The third-order valence-corrected chi connectivity index (χ3v) is 12.6. The summed E-state index contributed by atoms with van der Waals surface area (Å²) in [5.74, 6) is -1.96. The van der Waals surface area contributed by atoms with Crippen LogP contribution in [0.5, 0.6) is 0 Å². The summed E-state index contributed by atoms with van der Waals surface area (Å²) in [4.78, 5) is 16.2. The van der Waals surface area contributed by atoms with Crippen LogP contribution in [0.25, 0.3) is 0 Å². The molecule has 5 aliphatic rings. The minimum absolute atomic E-state index is 0.0168. The van der Waals surface area contributed by atoms with E-state index in [1.165, 1.54) is 0 Å². The number of aliphatic hydroxyl groups is 3. The largest absolute Gasteiger partial charge is 0.459 e. The third kappa shape index (κ3) is 8.34. The standard InChI is InChI=1S/C38H69NO12/c1-15-26-38(10)34(43)37(9,51-38)18-20(2)17-36(8,45-14)31(50-33-28(40)25(39(11)12)16-21(3)46-33)22(4)29(23(5)32(42)48-26)49-27-19-35(7,44-13)30(41)24(6)47-27/h20-31,33-34,40-41,43H,15-19H2,1-14H3/t20-,21-,22+,23-,24+,25+,26+,27-,28+,29-,30-,31+,33+,34-,35+,36-,37-,38-/m1/s1. The number of hydrogen-bond acceptors (Lipinski definition) is 13. The number of fused-ring (bicyclic) bond motifs is 10. The van der Waals surface area contributed by atoms with Gasteiger partial charge in [-0.3, -0.25) is 4.79 Å². The van der Waals surface area contributed by atoms with E-state index in [1.807, 2.05) is 60.5 Å². The Labute approximate surface area is 305 Å². The van der Waals surface area contributed by atoms with Crippen molar-refractivity contribution in [3.63, 3.8) is 0 Å². The number of esters is 1. The first-order valence-corrected chi connectivity index (χ1v) is 18.9. The fourth-order valence-electron chi connectivity index (χ4n) is 9.58. The van der Waals surface area contributed by atoms with Crippen LogP contribution in [0.4, 0.5) is 0 Å². The number of ether oxygens (including phenoxy) is 8. The first kappa shape index (κ1) is 42.8. The number of hydrogen-bond donors (Lipinski definition) is 3. The average molecular weight is 732 g/mol. The number of nitrogens with zero attached hydrogens (tertiary/aromatic N) is 1. The highest BCUT2D eigenvalue weighted by atomic mass is 16.7. The maximum atomic E-state index is 14.2. The van der Waals surface area contributed by atoms with Gasteiger partial charge < -0.3 is 58.1 Å². The molecule has 13 heteroatoms. The predicted octanol–water partition coefficient (Wildman–Crippen LogP) is 3.42.